The van der Waals surface area contributed by atoms with Gasteiger partial charge in [-0.05, 0) is 39.7 Å². The highest BCUT2D eigenvalue weighted by Gasteiger charge is 2.21. The van der Waals surface area contributed by atoms with E-state index in [0.29, 0.717) is 12.6 Å². The Bertz CT molecular complexity index is 233. The minimum atomic E-state index is 0.278. The van der Waals surface area contributed by atoms with Crippen molar-refractivity contribution in [1.29, 1.82) is 0 Å². The van der Waals surface area contributed by atoms with E-state index in [2.05, 4.69) is 17.1 Å². The average Bonchev–Trinajstić information content (AvgIpc) is 2.39. The Balaban J connectivity index is 2.24. The number of piperidine rings is 1. The molecule has 1 rings (SSSR count). The van der Waals surface area contributed by atoms with Crippen LogP contribution in [0.5, 0.6) is 0 Å². The van der Waals surface area contributed by atoms with Crippen LogP contribution in [0.25, 0.3) is 0 Å². The Morgan fingerprint density at radius 1 is 1.22 bits per heavy atom. The number of amides is 1. The summed E-state index contributed by atoms with van der Waals surface area (Å²) in [6, 6.07) is 0.657. The normalized spacial score (nSPS) is 17.9. The van der Waals surface area contributed by atoms with Crippen molar-refractivity contribution >= 4 is 5.91 Å². The van der Waals surface area contributed by atoms with Crippen molar-refractivity contribution in [3.63, 3.8) is 0 Å². The monoisotopic (exact) mass is 255 g/mol. The quantitative estimate of drug-likeness (QED) is 0.745. The standard InChI is InChI=1S/C14H29N3O/c1-4-9-15-13-7-10-16(11-8-13)12-14(18)17(5-2)6-3/h13,15H,4-12H2,1-3H3. The maximum absolute atomic E-state index is 12.0. The lowest BCUT2D eigenvalue weighted by Gasteiger charge is -2.33. The highest BCUT2D eigenvalue weighted by Crippen LogP contribution is 2.10. The van der Waals surface area contributed by atoms with Gasteiger partial charge in [0.1, 0.15) is 0 Å². The van der Waals surface area contributed by atoms with Gasteiger partial charge in [-0.25, -0.2) is 0 Å². The Kier molecular flexibility index (Phi) is 7.28. The van der Waals surface area contributed by atoms with Crippen molar-refractivity contribution in [2.45, 2.75) is 46.1 Å². The summed E-state index contributed by atoms with van der Waals surface area (Å²) in [6.45, 7) is 11.7. The fourth-order valence-corrected chi connectivity index (χ4v) is 2.51. The van der Waals surface area contributed by atoms with Crippen molar-refractivity contribution in [3.05, 3.63) is 0 Å². The molecule has 0 unspecified atom stereocenters. The van der Waals surface area contributed by atoms with Gasteiger partial charge in [0.15, 0.2) is 0 Å². The zero-order valence-corrected chi connectivity index (χ0v) is 12.2. The van der Waals surface area contributed by atoms with E-state index in [4.69, 9.17) is 0 Å². The van der Waals surface area contributed by atoms with Gasteiger partial charge in [-0.3, -0.25) is 9.69 Å². The molecule has 106 valence electrons. The Morgan fingerprint density at radius 3 is 2.33 bits per heavy atom. The summed E-state index contributed by atoms with van der Waals surface area (Å²) in [5, 5.41) is 3.57. The van der Waals surface area contributed by atoms with Crippen LogP contribution in [-0.4, -0.2) is 61.0 Å². The maximum Gasteiger partial charge on any atom is 0.236 e. The third-order valence-corrected chi connectivity index (χ3v) is 3.75. The summed E-state index contributed by atoms with van der Waals surface area (Å²) in [6.07, 6.45) is 3.54. The second-order valence-corrected chi connectivity index (χ2v) is 5.07. The largest absolute Gasteiger partial charge is 0.342 e. The zero-order valence-electron chi connectivity index (χ0n) is 12.2. The molecule has 0 spiro atoms. The number of hydrogen-bond donors (Lipinski definition) is 1. The van der Waals surface area contributed by atoms with Crippen LogP contribution in [0.2, 0.25) is 0 Å². The number of hydrogen-bond acceptors (Lipinski definition) is 3. The summed E-state index contributed by atoms with van der Waals surface area (Å²) in [7, 11) is 0. The second-order valence-electron chi connectivity index (χ2n) is 5.07. The Morgan fingerprint density at radius 2 is 1.83 bits per heavy atom. The van der Waals surface area contributed by atoms with Crippen LogP contribution in [0.1, 0.15) is 40.0 Å². The number of likely N-dealkylation sites (N-methyl/N-ethyl adjacent to an activating group) is 1. The molecule has 0 radical (unpaired) electrons. The van der Waals surface area contributed by atoms with Gasteiger partial charge in [0.05, 0.1) is 6.54 Å². The van der Waals surface area contributed by atoms with E-state index in [9.17, 15) is 4.79 Å². The van der Waals surface area contributed by atoms with Crippen LogP contribution < -0.4 is 5.32 Å². The molecule has 1 heterocycles. The minimum Gasteiger partial charge on any atom is -0.342 e. The highest BCUT2D eigenvalue weighted by atomic mass is 16.2. The average molecular weight is 255 g/mol. The van der Waals surface area contributed by atoms with Crippen molar-refractivity contribution in [2.24, 2.45) is 0 Å². The molecule has 0 aliphatic carbocycles. The first kappa shape index (κ1) is 15.4. The summed E-state index contributed by atoms with van der Waals surface area (Å²) >= 11 is 0. The van der Waals surface area contributed by atoms with Gasteiger partial charge in [-0.1, -0.05) is 6.92 Å². The van der Waals surface area contributed by atoms with Crippen molar-refractivity contribution in [2.75, 3.05) is 39.3 Å². The van der Waals surface area contributed by atoms with Gasteiger partial charge in [0, 0.05) is 32.2 Å². The first-order valence-electron chi connectivity index (χ1n) is 7.44. The Hall–Kier alpha value is -0.610. The van der Waals surface area contributed by atoms with Gasteiger partial charge < -0.3 is 10.2 Å². The summed E-state index contributed by atoms with van der Waals surface area (Å²) in [5.41, 5.74) is 0. The number of rotatable bonds is 7. The number of nitrogens with one attached hydrogen (secondary N) is 1. The van der Waals surface area contributed by atoms with E-state index in [1.807, 2.05) is 18.7 Å². The molecule has 4 nitrogen and oxygen atoms in total. The lowest BCUT2D eigenvalue weighted by atomic mass is 10.0. The summed E-state index contributed by atoms with van der Waals surface area (Å²) < 4.78 is 0. The summed E-state index contributed by atoms with van der Waals surface area (Å²) in [4.78, 5) is 16.2. The molecule has 1 saturated heterocycles. The van der Waals surface area contributed by atoms with Crippen LogP contribution in [0.3, 0.4) is 0 Å². The third kappa shape index (κ3) is 4.94. The van der Waals surface area contributed by atoms with E-state index < -0.39 is 0 Å². The first-order chi connectivity index (χ1) is 8.71. The van der Waals surface area contributed by atoms with Crippen molar-refractivity contribution in [1.82, 2.24) is 15.1 Å². The molecule has 1 amide bonds. The molecule has 18 heavy (non-hydrogen) atoms. The van der Waals surface area contributed by atoms with Crippen LogP contribution in [0.4, 0.5) is 0 Å². The highest BCUT2D eigenvalue weighted by molar-refractivity contribution is 5.78. The molecular formula is C14H29N3O. The number of carbonyl (C=O) groups excluding carboxylic acids is 1. The molecule has 4 heteroatoms. The lowest BCUT2D eigenvalue weighted by molar-refractivity contribution is -0.132. The molecule has 0 bridgehead atoms. The molecule has 0 saturated carbocycles. The van der Waals surface area contributed by atoms with E-state index in [1.54, 1.807) is 0 Å². The van der Waals surface area contributed by atoms with E-state index >= 15 is 0 Å². The predicted molar refractivity (Wildman–Crippen MR) is 75.7 cm³/mol. The molecule has 0 aromatic carbocycles. The van der Waals surface area contributed by atoms with Crippen LogP contribution in [-0.2, 0) is 4.79 Å². The minimum absolute atomic E-state index is 0.278. The maximum atomic E-state index is 12.0. The molecule has 0 aromatic rings. The van der Waals surface area contributed by atoms with Gasteiger partial charge in [0.25, 0.3) is 0 Å². The van der Waals surface area contributed by atoms with E-state index in [1.165, 1.54) is 19.3 Å². The van der Waals surface area contributed by atoms with Gasteiger partial charge in [0.2, 0.25) is 5.91 Å². The van der Waals surface area contributed by atoms with Gasteiger partial charge in [-0.2, -0.15) is 0 Å². The fraction of sp³-hybridized carbons (Fsp3) is 0.929. The van der Waals surface area contributed by atoms with Crippen LogP contribution in [0.15, 0.2) is 0 Å². The molecule has 0 aromatic heterocycles. The smallest absolute Gasteiger partial charge is 0.236 e. The number of carbonyl (C=O) groups is 1. The third-order valence-electron chi connectivity index (χ3n) is 3.75. The Labute approximate surface area is 112 Å². The summed E-state index contributed by atoms with van der Waals surface area (Å²) in [5.74, 6) is 0.278. The van der Waals surface area contributed by atoms with Gasteiger partial charge in [-0.15, -0.1) is 0 Å². The van der Waals surface area contributed by atoms with E-state index in [0.717, 1.165) is 32.7 Å². The first-order valence-corrected chi connectivity index (χ1v) is 7.44. The molecule has 1 aliphatic rings. The van der Waals surface area contributed by atoms with E-state index in [-0.39, 0.29) is 5.91 Å². The molecule has 1 N–H and O–H groups in total. The number of likely N-dealkylation sites (tertiary alicyclic amines) is 1. The van der Waals surface area contributed by atoms with Crippen LogP contribution in [0, 0.1) is 0 Å². The van der Waals surface area contributed by atoms with Gasteiger partial charge >= 0.3 is 0 Å². The van der Waals surface area contributed by atoms with Crippen molar-refractivity contribution < 1.29 is 4.79 Å². The zero-order chi connectivity index (χ0) is 13.4. The lowest BCUT2D eigenvalue weighted by Crippen LogP contribution is -2.47. The van der Waals surface area contributed by atoms with Crippen LogP contribution >= 0.6 is 0 Å². The molecule has 1 fully saturated rings. The predicted octanol–water partition coefficient (Wildman–Crippen LogP) is 1.32. The molecule has 0 atom stereocenters. The second kappa shape index (κ2) is 8.48. The number of nitrogens with zero attached hydrogens (tertiary/aromatic N) is 2. The molecular weight excluding hydrogens is 226 g/mol. The topological polar surface area (TPSA) is 35.6 Å². The fourth-order valence-electron chi connectivity index (χ4n) is 2.51. The molecule has 1 aliphatic heterocycles. The SMILES string of the molecule is CCCNC1CCN(CC(=O)N(CC)CC)CC1. The van der Waals surface area contributed by atoms with Crippen molar-refractivity contribution in [3.8, 4) is 0 Å².